The SMILES string of the molecule is CCC1=C(C)c2ccccc2C1[Si]C1C(CC)=C(C)c2ccccc21. The van der Waals surface area contributed by atoms with E-state index in [1.807, 2.05) is 0 Å². The molecule has 0 spiro atoms. The quantitative estimate of drug-likeness (QED) is 0.551. The highest BCUT2D eigenvalue weighted by Crippen LogP contribution is 2.48. The summed E-state index contributed by atoms with van der Waals surface area (Å²) in [6.07, 6.45) is 2.33. The minimum atomic E-state index is 0.603. The summed E-state index contributed by atoms with van der Waals surface area (Å²) < 4.78 is 0. The van der Waals surface area contributed by atoms with Crippen LogP contribution in [-0.4, -0.2) is 9.52 Å². The number of rotatable bonds is 4. The Hall–Kier alpha value is -1.86. The van der Waals surface area contributed by atoms with Crippen LogP contribution >= 0.6 is 0 Å². The Morgan fingerprint density at radius 2 is 1.08 bits per heavy atom. The summed E-state index contributed by atoms with van der Waals surface area (Å²) in [5, 5.41) is 0. The number of allylic oxidation sites excluding steroid dienone is 4. The second-order valence-corrected chi connectivity index (χ2v) is 8.70. The number of fused-ring (bicyclic) bond motifs is 2. The van der Waals surface area contributed by atoms with Crippen LogP contribution in [0.5, 0.6) is 0 Å². The van der Waals surface area contributed by atoms with Crippen molar-refractivity contribution in [2.75, 3.05) is 0 Å². The molecule has 2 radical (unpaired) electrons. The molecule has 4 rings (SSSR count). The van der Waals surface area contributed by atoms with Crippen LogP contribution in [0.25, 0.3) is 11.1 Å². The first-order chi connectivity index (χ1) is 12.2. The maximum Gasteiger partial charge on any atom is 0.0678 e. The van der Waals surface area contributed by atoms with E-state index in [4.69, 9.17) is 0 Å². The predicted octanol–water partition coefficient (Wildman–Crippen LogP) is 6.57. The molecule has 2 aliphatic carbocycles. The van der Waals surface area contributed by atoms with E-state index in [0.717, 1.165) is 22.4 Å². The van der Waals surface area contributed by atoms with Crippen LogP contribution in [-0.2, 0) is 0 Å². The highest BCUT2D eigenvalue weighted by Gasteiger charge is 2.35. The molecule has 0 heterocycles. The van der Waals surface area contributed by atoms with Crippen molar-refractivity contribution < 1.29 is 0 Å². The molecular weight excluding hydrogens is 316 g/mol. The Morgan fingerprint density at radius 3 is 1.48 bits per heavy atom. The summed E-state index contributed by atoms with van der Waals surface area (Å²) in [7, 11) is 0.904. The van der Waals surface area contributed by atoms with Crippen molar-refractivity contribution in [2.45, 2.75) is 51.6 Å². The van der Waals surface area contributed by atoms with Gasteiger partial charge in [0, 0.05) is 0 Å². The molecule has 1 heteroatoms. The first-order valence-corrected chi connectivity index (χ1v) is 10.7. The molecule has 25 heavy (non-hydrogen) atoms. The average molecular weight is 343 g/mol. The second-order valence-electron chi connectivity index (χ2n) is 7.21. The third-order valence-corrected chi connectivity index (χ3v) is 8.09. The zero-order valence-corrected chi connectivity index (χ0v) is 16.7. The van der Waals surface area contributed by atoms with Crippen LogP contribution in [0.3, 0.4) is 0 Å². The summed E-state index contributed by atoms with van der Waals surface area (Å²) in [4.78, 5) is 0. The highest BCUT2D eigenvalue weighted by molar-refractivity contribution is 6.44. The first kappa shape index (κ1) is 16.6. The van der Waals surface area contributed by atoms with Crippen molar-refractivity contribution >= 4 is 20.7 Å². The summed E-state index contributed by atoms with van der Waals surface area (Å²) in [5.41, 5.74) is 13.7. The fraction of sp³-hybridized carbons (Fsp3) is 0.333. The molecule has 0 bridgehead atoms. The molecule has 0 aromatic heterocycles. The van der Waals surface area contributed by atoms with Gasteiger partial charge in [0.1, 0.15) is 0 Å². The molecule has 0 fully saturated rings. The van der Waals surface area contributed by atoms with Gasteiger partial charge in [-0.15, -0.1) is 0 Å². The lowest BCUT2D eigenvalue weighted by molar-refractivity contribution is 0.940. The molecule has 126 valence electrons. The van der Waals surface area contributed by atoms with Gasteiger partial charge in [-0.3, -0.25) is 0 Å². The lowest BCUT2D eigenvalue weighted by Gasteiger charge is -2.22. The Bertz CT molecular complexity index is 811. The Kier molecular flexibility index (Phi) is 4.29. The lowest BCUT2D eigenvalue weighted by Crippen LogP contribution is -2.18. The van der Waals surface area contributed by atoms with E-state index in [9.17, 15) is 0 Å². The number of hydrogen-bond acceptors (Lipinski definition) is 0. The van der Waals surface area contributed by atoms with Gasteiger partial charge in [0.25, 0.3) is 0 Å². The number of hydrogen-bond donors (Lipinski definition) is 0. The third-order valence-electron chi connectivity index (χ3n) is 6.11. The van der Waals surface area contributed by atoms with Gasteiger partial charge in [-0.25, -0.2) is 0 Å². The summed E-state index contributed by atoms with van der Waals surface area (Å²) in [6, 6.07) is 18.2. The average Bonchev–Trinajstić information content (AvgIpc) is 3.08. The molecule has 0 nitrogen and oxygen atoms in total. The predicted molar refractivity (Wildman–Crippen MR) is 110 cm³/mol. The first-order valence-electron chi connectivity index (χ1n) is 9.51. The van der Waals surface area contributed by atoms with Gasteiger partial charge in [0.2, 0.25) is 0 Å². The third kappa shape index (κ3) is 2.48. The minimum absolute atomic E-state index is 0.603. The zero-order valence-electron chi connectivity index (χ0n) is 15.7. The van der Waals surface area contributed by atoms with E-state index in [-0.39, 0.29) is 0 Å². The van der Waals surface area contributed by atoms with Gasteiger partial charge >= 0.3 is 0 Å². The van der Waals surface area contributed by atoms with E-state index < -0.39 is 0 Å². The maximum absolute atomic E-state index is 2.36. The Balaban J connectivity index is 1.78. The van der Waals surface area contributed by atoms with Crippen molar-refractivity contribution in [1.82, 2.24) is 0 Å². The van der Waals surface area contributed by atoms with Crippen LogP contribution in [0.15, 0.2) is 59.7 Å². The van der Waals surface area contributed by atoms with Gasteiger partial charge in [-0.1, -0.05) is 73.5 Å². The van der Waals surface area contributed by atoms with Crippen molar-refractivity contribution in [3.8, 4) is 0 Å². The van der Waals surface area contributed by atoms with E-state index in [2.05, 4.69) is 76.2 Å². The van der Waals surface area contributed by atoms with Gasteiger partial charge in [0.15, 0.2) is 0 Å². The zero-order chi connectivity index (χ0) is 17.6. The van der Waals surface area contributed by atoms with Gasteiger partial charge in [-0.05, 0) is 71.2 Å². The maximum atomic E-state index is 2.36. The van der Waals surface area contributed by atoms with E-state index >= 15 is 0 Å². The molecule has 2 aliphatic rings. The molecule has 0 saturated heterocycles. The molecule has 2 unspecified atom stereocenters. The van der Waals surface area contributed by atoms with E-state index in [0.29, 0.717) is 11.1 Å². The monoisotopic (exact) mass is 342 g/mol. The summed E-state index contributed by atoms with van der Waals surface area (Å²) >= 11 is 0. The summed E-state index contributed by atoms with van der Waals surface area (Å²) in [5.74, 6) is 0. The molecule has 0 aliphatic heterocycles. The number of benzene rings is 2. The van der Waals surface area contributed by atoms with Crippen LogP contribution in [0.2, 0.25) is 0 Å². The fourth-order valence-corrected chi connectivity index (χ4v) is 7.26. The second kappa shape index (κ2) is 6.46. The van der Waals surface area contributed by atoms with Gasteiger partial charge in [0.05, 0.1) is 9.52 Å². The van der Waals surface area contributed by atoms with Crippen LogP contribution in [0.4, 0.5) is 0 Å². The normalized spacial score (nSPS) is 21.8. The Morgan fingerprint density at radius 1 is 0.680 bits per heavy atom. The smallest absolute Gasteiger partial charge is 0.0627 e. The standard InChI is InChI=1S/C24H26Si/c1-5-17-15(3)19-11-7-9-13-21(19)23(17)25-24-18(6-2)16(4)20-12-8-10-14-22(20)24/h7-14,23-24H,5-6H2,1-4H3. The van der Waals surface area contributed by atoms with E-state index in [1.165, 1.54) is 22.3 Å². The van der Waals surface area contributed by atoms with Crippen molar-refractivity contribution in [3.05, 3.63) is 81.9 Å². The molecule has 0 saturated carbocycles. The van der Waals surface area contributed by atoms with Crippen LogP contribution < -0.4 is 0 Å². The summed E-state index contributed by atoms with van der Waals surface area (Å²) in [6.45, 7) is 9.30. The molecule has 2 aromatic rings. The van der Waals surface area contributed by atoms with Crippen molar-refractivity contribution in [2.24, 2.45) is 0 Å². The molecule has 0 amide bonds. The van der Waals surface area contributed by atoms with E-state index in [1.54, 1.807) is 22.3 Å². The molecule has 2 atom stereocenters. The molecular formula is C24H26Si. The highest BCUT2D eigenvalue weighted by atomic mass is 28.2. The largest absolute Gasteiger partial charge is 0.0678 e. The molecule has 0 N–H and O–H groups in total. The van der Waals surface area contributed by atoms with Gasteiger partial charge in [-0.2, -0.15) is 0 Å². The topological polar surface area (TPSA) is 0 Å². The van der Waals surface area contributed by atoms with Crippen molar-refractivity contribution in [1.29, 1.82) is 0 Å². The Labute approximate surface area is 154 Å². The van der Waals surface area contributed by atoms with Crippen LogP contribution in [0.1, 0.15) is 73.9 Å². The van der Waals surface area contributed by atoms with Crippen molar-refractivity contribution in [3.63, 3.8) is 0 Å². The lowest BCUT2D eigenvalue weighted by atomic mass is 10.1. The fourth-order valence-electron chi connectivity index (χ4n) is 4.82. The minimum Gasteiger partial charge on any atom is -0.0627 e. The van der Waals surface area contributed by atoms with Crippen LogP contribution in [0, 0.1) is 0 Å². The molecule has 2 aromatic carbocycles. The van der Waals surface area contributed by atoms with Gasteiger partial charge < -0.3 is 0 Å².